The Bertz CT molecular complexity index is 2190. The second kappa shape index (κ2) is 19.1. The van der Waals surface area contributed by atoms with Crippen LogP contribution in [0.1, 0.15) is 62.5 Å². The lowest BCUT2D eigenvalue weighted by Crippen LogP contribution is -2.60. The number of fused-ring (bicyclic) bond motifs is 6. The van der Waals surface area contributed by atoms with Crippen LogP contribution in [0.25, 0.3) is 21.5 Å². The number of alkyl halides is 2. The molecule has 2 saturated heterocycles. The molecule has 4 aromatic carbocycles. The molecule has 0 radical (unpaired) electrons. The Kier molecular flexibility index (Phi) is 14.0. The molecule has 8 rings (SSSR count). The van der Waals surface area contributed by atoms with Gasteiger partial charge in [0.05, 0.1) is 24.6 Å². The van der Waals surface area contributed by atoms with Crippen LogP contribution in [0.4, 0.5) is 11.4 Å². The van der Waals surface area contributed by atoms with Crippen LogP contribution in [-0.4, -0.2) is 151 Å². The Labute approximate surface area is 379 Å². The third-order valence-electron chi connectivity index (χ3n) is 13.1. The average Bonchev–Trinajstić information content (AvgIpc) is 3.88. The Morgan fingerprint density at radius 1 is 0.609 bits per heavy atom. The summed E-state index contributed by atoms with van der Waals surface area (Å²) in [5, 5.41) is 84.7. The molecule has 14 atom stereocenters. The molecule has 4 aliphatic heterocycles. The number of rotatable bonds is 13. The standard InChI is InChI=1S/C46H54Cl2N2O14/c1-21(47)27-17-49(29-15-31(23-9-3-5-11-25(23)37(27)29)61-45-43(59)41(57)39(55)33(19-51)63-45)35(53)13-7-8-14-36(54)50-18-28(22(2)48)38-26-12-6-4-10-24(26)32(16-30(38)50)62-46-44(60)42(58)40(56)34(20-52)64-46/h3-6,9-12,15-16,21-22,27-28,33-34,39-46,51-52,55-60H,7-8,13-14,17-20H2,1-2H3/t21-,22-,27+,28+,33-,34-,39+,40+,41+,42+,43-,44+,45-,46-/m1/s1. The number of anilines is 2. The summed E-state index contributed by atoms with van der Waals surface area (Å²) in [6, 6.07) is 18.1. The summed E-state index contributed by atoms with van der Waals surface area (Å²) in [5.41, 5.74) is 2.81. The van der Waals surface area contributed by atoms with E-state index in [9.17, 15) is 50.4 Å². The Balaban J connectivity index is 0.996. The molecule has 4 aromatic rings. The summed E-state index contributed by atoms with van der Waals surface area (Å²) in [7, 11) is 0. The smallest absolute Gasteiger partial charge is 0.229 e. The number of carbonyl (C=O) groups excluding carboxylic acids is 2. The number of aliphatic hydroxyl groups excluding tert-OH is 8. The van der Waals surface area contributed by atoms with Gasteiger partial charge in [0.15, 0.2) is 0 Å². The van der Waals surface area contributed by atoms with Gasteiger partial charge in [-0.15, -0.1) is 23.2 Å². The molecule has 0 bridgehead atoms. The lowest BCUT2D eigenvalue weighted by molar-refractivity contribution is -0.277. The van der Waals surface area contributed by atoms with Crippen LogP contribution in [-0.2, 0) is 19.1 Å². The highest BCUT2D eigenvalue weighted by atomic mass is 35.5. The van der Waals surface area contributed by atoms with Crippen LogP contribution >= 0.6 is 23.2 Å². The molecule has 8 N–H and O–H groups in total. The number of nitrogens with zero attached hydrogens (tertiary/aromatic N) is 2. The fraction of sp³-hybridized carbons (Fsp3) is 0.522. The van der Waals surface area contributed by atoms with E-state index < -0.39 is 74.6 Å². The van der Waals surface area contributed by atoms with Crippen molar-refractivity contribution >= 4 is 67.9 Å². The van der Waals surface area contributed by atoms with Crippen LogP contribution in [0.5, 0.6) is 11.5 Å². The van der Waals surface area contributed by atoms with Gasteiger partial charge in [-0.3, -0.25) is 9.59 Å². The molecule has 0 unspecified atom stereocenters. The summed E-state index contributed by atoms with van der Waals surface area (Å²) in [6.07, 6.45) is -14.0. The molecule has 2 fully saturated rings. The third-order valence-corrected chi connectivity index (χ3v) is 13.7. The second-order valence-corrected chi connectivity index (χ2v) is 18.5. The lowest BCUT2D eigenvalue weighted by Gasteiger charge is -2.39. The van der Waals surface area contributed by atoms with Gasteiger partial charge in [-0.05, 0) is 48.6 Å². The zero-order valence-corrected chi connectivity index (χ0v) is 36.7. The van der Waals surface area contributed by atoms with Crippen molar-refractivity contribution < 1.29 is 69.4 Å². The van der Waals surface area contributed by atoms with Gasteiger partial charge in [-0.1, -0.05) is 48.5 Å². The first-order valence-electron chi connectivity index (χ1n) is 21.6. The zero-order chi connectivity index (χ0) is 45.7. The molecule has 0 spiro atoms. The summed E-state index contributed by atoms with van der Waals surface area (Å²) in [5.74, 6) is -0.402. The Morgan fingerprint density at radius 3 is 1.31 bits per heavy atom. The minimum atomic E-state index is -1.65. The Morgan fingerprint density at radius 2 is 0.969 bits per heavy atom. The van der Waals surface area contributed by atoms with Crippen molar-refractivity contribution in [3.63, 3.8) is 0 Å². The highest BCUT2D eigenvalue weighted by Crippen LogP contribution is 2.50. The van der Waals surface area contributed by atoms with Gasteiger partial charge < -0.3 is 69.6 Å². The first-order valence-corrected chi connectivity index (χ1v) is 22.5. The molecule has 2 amide bonds. The summed E-state index contributed by atoms with van der Waals surface area (Å²) in [4.78, 5) is 31.6. The van der Waals surface area contributed by atoms with E-state index in [1.165, 1.54) is 0 Å². The number of hydrogen-bond acceptors (Lipinski definition) is 14. The number of amides is 2. The SMILES string of the molecule is C[C@@H](Cl)[C@@H]1CN(C(=O)CCCCC(=O)N2C[C@@H]([C@@H](C)Cl)c3c2cc(O[C@@H]2O[C@H](CO)[C@H](O)[C@H](O)[C@H]2O)c2ccccc32)c2cc(O[C@@H]3O[C@H](CO)[C@H](O)[C@H](O)[C@@H]3O)c3ccccc3c21. The zero-order valence-electron chi connectivity index (χ0n) is 35.2. The van der Waals surface area contributed by atoms with Crippen molar-refractivity contribution in [3.05, 3.63) is 71.8 Å². The highest BCUT2D eigenvalue weighted by molar-refractivity contribution is 6.22. The minimum Gasteiger partial charge on any atom is -0.461 e. The van der Waals surface area contributed by atoms with Gasteiger partial charge in [0.25, 0.3) is 0 Å². The van der Waals surface area contributed by atoms with Gasteiger partial charge >= 0.3 is 0 Å². The van der Waals surface area contributed by atoms with Crippen molar-refractivity contribution in [1.29, 1.82) is 0 Å². The maximum Gasteiger partial charge on any atom is 0.229 e. The number of halogens is 2. The molecule has 16 nitrogen and oxygen atoms in total. The first-order chi connectivity index (χ1) is 30.6. The van der Waals surface area contributed by atoms with E-state index >= 15 is 0 Å². The number of carbonyl (C=O) groups is 2. The number of aliphatic hydroxyl groups is 8. The summed E-state index contributed by atoms with van der Waals surface area (Å²) in [6.45, 7) is 3.05. The van der Waals surface area contributed by atoms with Crippen molar-refractivity contribution in [2.75, 3.05) is 36.1 Å². The molecule has 18 heteroatoms. The van der Waals surface area contributed by atoms with Crippen molar-refractivity contribution in [3.8, 4) is 11.5 Å². The van der Waals surface area contributed by atoms with E-state index in [2.05, 4.69) is 0 Å². The fourth-order valence-corrected chi connectivity index (χ4v) is 9.93. The van der Waals surface area contributed by atoms with Crippen LogP contribution in [0, 0.1) is 0 Å². The molecule has 346 valence electrons. The lowest BCUT2D eigenvalue weighted by atomic mass is 9.92. The van der Waals surface area contributed by atoms with Crippen molar-refractivity contribution in [1.82, 2.24) is 0 Å². The third kappa shape index (κ3) is 8.53. The predicted molar refractivity (Wildman–Crippen MR) is 236 cm³/mol. The van der Waals surface area contributed by atoms with Gasteiger partial charge in [0, 0.05) is 71.4 Å². The average molecular weight is 930 g/mol. The number of benzene rings is 4. The molecule has 64 heavy (non-hydrogen) atoms. The van der Waals surface area contributed by atoms with E-state index in [0.29, 0.717) is 35.0 Å². The quantitative estimate of drug-likeness (QED) is 0.0711. The van der Waals surface area contributed by atoms with Crippen LogP contribution < -0.4 is 19.3 Å². The topological polar surface area (TPSA) is 239 Å². The van der Waals surface area contributed by atoms with E-state index in [0.717, 1.165) is 21.9 Å². The highest BCUT2D eigenvalue weighted by Gasteiger charge is 2.47. The van der Waals surface area contributed by atoms with Crippen molar-refractivity contribution in [2.24, 2.45) is 0 Å². The van der Waals surface area contributed by atoms with Gasteiger partial charge in [-0.2, -0.15) is 0 Å². The molecule has 4 heterocycles. The second-order valence-electron chi connectivity index (χ2n) is 17.1. The van der Waals surface area contributed by atoms with Crippen LogP contribution in [0.3, 0.4) is 0 Å². The van der Waals surface area contributed by atoms with Crippen molar-refractivity contribution in [2.45, 2.75) is 124 Å². The van der Waals surface area contributed by atoms with E-state index in [4.69, 9.17) is 42.1 Å². The normalized spacial score (nSPS) is 31.2. The molecule has 0 aliphatic carbocycles. The number of unbranched alkanes of at least 4 members (excludes halogenated alkanes) is 1. The maximum atomic E-state index is 14.1. The molecular formula is C46H54Cl2N2O14. The molecule has 4 aliphatic rings. The fourth-order valence-electron chi connectivity index (χ4n) is 9.52. The Hall–Kier alpha value is -3.88. The number of ether oxygens (including phenoxy) is 4. The largest absolute Gasteiger partial charge is 0.461 e. The maximum absolute atomic E-state index is 14.1. The summed E-state index contributed by atoms with van der Waals surface area (Å²) < 4.78 is 23.6. The molecular weight excluding hydrogens is 875 g/mol. The molecule has 0 saturated carbocycles. The predicted octanol–water partition coefficient (Wildman–Crippen LogP) is 2.73. The first kappa shape index (κ1) is 46.6. The van der Waals surface area contributed by atoms with Gasteiger partial charge in [0.2, 0.25) is 24.4 Å². The van der Waals surface area contributed by atoms with Gasteiger partial charge in [-0.25, -0.2) is 0 Å². The van der Waals surface area contributed by atoms with E-state index in [-0.39, 0.29) is 71.8 Å². The number of hydrogen-bond donors (Lipinski definition) is 8. The van der Waals surface area contributed by atoms with Crippen LogP contribution in [0.15, 0.2) is 60.7 Å². The minimum absolute atomic E-state index is 0.103. The van der Waals surface area contributed by atoms with E-state index in [1.807, 2.05) is 62.4 Å². The monoisotopic (exact) mass is 928 g/mol. The summed E-state index contributed by atoms with van der Waals surface area (Å²) >= 11 is 13.5. The van der Waals surface area contributed by atoms with Crippen LogP contribution in [0.2, 0.25) is 0 Å². The van der Waals surface area contributed by atoms with Gasteiger partial charge in [0.1, 0.15) is 60.3 Å². The van der Waals surface area contributed by atoms with E-state index in [1.54, 1.807) is 21.9 Å². The molecule has 0 aromatic heterocycles.